The molecule has 1 fully saturated rings. The van der Waals surface area contributed by atoms with Crippen LogP contribution in [0.4, 0.5) is 11.6 Å². The van der Waals surface area contributed by atoms with Crippen molar-refractivity contribution in [3.63, 3.8) is 0 Å². The molecule has 8 nitrogen and oxygen atoms in total. The number of phenols is 1. The van der Waals surface area contributed by atoms with Crippen LogP contribution < -0.4 is 10.6 Å². The fourth-order valence-electron chi connectivity index (χ4n) is 4.35. The Morgan fingerprint density at radius 1 is 1.03 bits per heavy atom. The number of nitrogens with zero attached hydrogens (tertiary/aromatic N) is 3. The molecule has 196 valence electrons. The molecule has 9 heteroatoms. The number of anilines is 2. The standard InChI is InChI=1S/C29H31N5O3S/c35-24-8-2-5-22(19-24)20-31-28(36)27-10-9-26(38-27)25-11-12-30-29(33-25)32-23-7-1-4-21(18-23)6-3-13-34-14-16-37-17-15-34/h1-2,4-5,7-12,18-19,35H,3,6,13-17,20H2,(H,31,36)(H,30,32,33). The number of hydrogen-bond acceptors (Lipinski definition) is 8. The second kappa shape index (κ2) is 12.6. The van der Waals surface area contributed by atoms with Gasteiger partial charge in [0.25, 0.3) is 5.91 Å². The van der Waals surface area contributed by atoms with Gasteiger partial charge in [-0.05, 0) is 73.0 Å². The SMILES string of the molecule is O=C(NCc1cccc(O)c1)c1ccc(-c2ccnc(Nc3cccc(CCCN4CCOCC4)c3)n2)s1. The number of phenolic OH excluding ortho intramolecular Hbond substituents is 1. The van der Waals surface area contributed by atoms with Crippen molar-refractivity contribution in [2.75, 3.05) is 38.2 Å². The topological polar surface area (TPSA) is 99.6 Å². The van der Waals surface area contributed by atoms with Gasteiger partial charge in [-0.2, -0.15) is 0 Å². The van der Waals surface area contributed by atoms with Crippen molar-refractivity contribution >= 4 is 28.9 Å². The maximum Gasteiger partial charge on any atom is 0.261 e. The van der Waals surface area contributed by atoms with Gasteiger partial charge in [0.1, 0.15) is 5.75 Å². The lowest BCUT2D eigenvalue weighted by Gasteiger charge is -2.26. The molecule has 2 aromatic heterocycles. The van der Waals surface area contributed by atoms with E-state index in [1.165, 1.54) is 16.9 Å². The minimum absolute atomic E-state index is 0.164. The number of aryl methyl sites for hydroxylation is 1. The number of aromatic nitrogens is 2. The van der Waals surface area contributed by atoms with Crippen molar-refractivity contribution < 1.29 is 14.6 Å². The summed E-state index contributed by atoms with van der Waals surface area (Å²) in [5, 5.41) is 15.8. The summed E-state index contributed by atoms with van der Waals surface area (Å²) in [6.07, 6.45) is 3.84. The molecular weight excluding hydrogens is 498 g/mol. The van der Waals surface area contributed by atoms with Crippen LogP contribution in [0.15, 0.2) is 72.9 Å². The van der Waals surface area contributed by atoms with Gasteiger partial charge in [-0.3, -0.25) is 9.69 Å². The predicted molar refractivity (Wildman–Crippen MR) is 150 cm³/mol. The highest BCUT2D eigenvalue weighted by atomic mass is 32.1. The van der Waals surface area contributed by atoms with E-state index >= 15 is 0 Å². The highest BCUT2D eigenvalue weighted by Gasteiger charge is 2.13. The summed E-state index contributed by atoms with van der Waals surface area (Å²) in [7, 11) is 0. The lowest BCUT2D eigenvalue weighted by molar-refractivity contribution is 0.0375. The summed E-state index contributed by atoms with van der Waals surface area (Å²) in [5.74, 6) is 0.525. The van der Waals surface area contributed by atoms with E-state index in [9.17, 15) is 9.90 Å². The zero-order chi connectivity index (χ0) is 26.2. The highest BCUT2D eigenvalue weighted by Crippen LogP contribution is 2.28. The lowest BCUT2D eigenvalue weighted by Crippen LogP contribution is -2.36. The van der Waals surface area contributed by atoms with Crippen LogP contribution in [0.3, 0.4) is 0 Å². The number of carbonyl (C=O) groups is 1. The van der Waals surface area contributed by atoms with Crippen molar-refractivity contribution in [3.8, 4) is 16.3 Å². The Labute approximate surface area is 226 Å². The Kier molecular flexibility index (Phi) is 8.60. The molecule has 0 unspecified atom stereocenters. The van der Waals surface area contributed by atoms with Gasteiger partial charge >= 0.3 is 0 Å². The normalized spacial score (nSPS) is 13.8. The van der Waals surface area contributed by atoms with E-state index in [1.807, 2.05) is 24.3 Å². The first-order chi connectivity index (χ1) is 18.6. The first-order valence-electron chi connectivity index (χ1n) is 12.8. The molecule has 5 rings (SSSR count). The van der Waals surface area contributed by atoms with E-state index < -0.39 is 0 Å². The van der Waals surface area contributed by atoms with Gasteiger partial charge in [0.05, 0.1) is 28.7 Å². The lowest BCUT2D eigenvalue weighted by atomic mass is 10.1. The highest BCUT2D eigenvalue weighted by molar-refractivity contribution is 7.17. The van der Waals surface area contributed by atoms with Gasteiger partial charge in [-0.15, -0.1) is 11.3 Å². The molecule has 3 N–H and O–H groups in total. The van der Waals surface area contributed by atoms with E-state index in [4.69, 9.17) is 4.74 Å². The third kappa shape index (κ3) is 7.16. The molecule has 1 aliphatic rings. The zero-order valence-corrected chi connectivity index (χ0v) is 21.9. The van der Waals surface area contributed by atoms with Crippen molar-refractivity contribution in [2.24, 2.45) is 0 Å². The van der Waals surface area contributed by atoms with Crippen molar-refractivity contribution in [1.82, 2.24) is 20.2 Å². The molecule has 0 bridgehead atoms. The van der Waals surface area contributed by atoms with Crippen LogP contribution in [0.25, 0.3) is 10.6 Å². The van der Waals surface area contributed by atoms with E-state index in [1.54, 1.807) is 30.5 Å². The molecule has 2 aromatic carbocycles. The fourth-order valence-corrected chi connectivity index (χ4v) is 5.25. The summed E-state index contributed by atoms with van der Waals surface area (Å²) in [6.45, 7) is 5.13. The van der Waals surface area contributed by atoms with Crippen LogP contribution in [0.2, 0.25) is 0 Å². The zero-order valence-electron chi connectivity index (χ0n) is 21.1. The summed E-state index contributed by atoms with van der Waals surface area (Å²) < 4.78 is 5.43. The van der Waals surface area contributed by atoms with Crippen molar-refractivity contribution in [1.29, 1.82) is 0 Å². The third-order valence-electron chi connectivity index (χ3n) is 6.33. The van der Waals surface area contributed by atoms with Gasteiger partial charge in [-0.25, -0.2) is 9.97 Å². The van der Waals surface area contributed by atoms with E-state index in [0.717, 1.165) is 67.5 Å². The summed E-state index contributed by atoms with van der Waals surface area (Å²) in [5.41, 5.74) is 3.81. The summed E-state index contributed by atoms with van der Waals surface area (Å²) in [4.78, 5) is 25.6. The fraction of sp³-hybridized carbons (Fsp3) is 0.276. The van der Waals surface area contributed by atoms with Crippen LogP contribution in [0.1, 0.15) is 27.2 Å². The van der Waals surface area contributed by atoms with E-state index in [0.29, 0.717) is 17.4 Å². The Bertz CT molecular complexity index is 1370. The van der Waals surface area contributed by atoms with Crippen LogP contribution in [0.5, 0.6) is 5.75 Å². The molecule has 4 aromatic rings. The molecule has 0 aliphatic carbocycles. The third-order valence-corrected chi connectivity index (χ3v) is 7.43. The van der Waals surface area contributed by atoms with Crippen LogP contribution in [-0.2, 0) is 17.7 Å². The maximum absolute atomic E-state index is 12.6. The average molecular weight is 530 g/mol. The van der Waals surface area contributed by atoms with Gasteiger partial charge in [0.2, 0.25) is 5.95 Å². The number of benzene rings is 2. The minimum atomic E-state index is -0.164. The second-order valence-corrected chi connectivity index (χ2v) is 10.2. The van der Waals surface area contributed by atoms with Gasteiger partial charge in [-0.1, -0.05) is 24.3 Å². The number of morpholine rings is 1. The largest absolute Gasteiger partial charge is 0.508 e. The molecule has 1 aliphatic heterocycles. The van der Waals surface area contributed by atoms with E-state index in [-0.39, 0.29) is 11.7 Å². The Morgan fingerprint density at radius 3 is 2.74 bits per heavy atom. The van der Waals surface area contributed by atoms with Crippen molar-refractivity contribution in [2.45, 2.75) is 19.4 Å². The van der Waals surface area contributed by atoms with Crippen LogP contribution >= 0.6 is 11.3 Å². The van der Waals surface area contributed by atoms with Crippen LogP contribution in [-0.4, -0.2) is 58.7 Å². The predicted octanol–water partition coefficient (Wildman–Crippen LogP) is 4.85. The monoisotopic (exact) mass is 529 g/mol. The molecule has 1 amide bonds. The number of ether oxygens (including phenoxy) is 1. The smallest absolute Gasteiger partial charge is 0.261 e. The number of rotatable bonds is 10. The number of carbonyl (C=O) groups excluding carboxylic acids is 1. The van der Waals surface area contributed by atoms with Gasteiger partial charge in [0.15, 0.2) is 0 Å². The van der Waals surface area contributed by atoms with Gasteiger partial charge in [0, 0.05) is 31.5 Å². The number of amides is 1. The Hall–Kier alpha value is -3.79. The molecule has 3 heterocycles. The quantitative estimate of drug-likeness (QED) is 0.270. The molecule has 0 radical (unpaired) electrons. The molecule has 0 saturated carbocycles. The average Bonchev–Trinajstić information content (AvgIpc) is 3.44. The number of thiophene rings is 1. The van der Waals surface area contributed by atoms with E-state index in [2.05, 4.69) is 43.7 Å². The number of hydrogen-bond donors (Lipinski definition) is 3. The van der Waals surface area contributed by atoms with Crippen LogP contribution in [0, 0.1) is 0 Å². The Balaban J connectivity index is 1.17. The summed E-state index contributed by atoms with van der Waals surface area (Å²) >= 11 is 1.38. The maximum atomic E-state index is 12.6. The number of nitrogens with one attached hydrogen (secondary N) is 2. The second-order valence-electron chi connectivity index (χ2n) is 9.16. The molecular formula is C29H31N5O3S. The number of aromatic hydroxyl groups is 1. The Morgan fingerprint density at radius 2 is 1.87 bits per heavy atom. The first-order valence-corrected chi connectivity index (χ1v) is 13.6. The minimum Gasteiger partial charge on any atom is -0.508 e. The first kappa shape index (κ1) is 25.8. The molecule has 0 atom stereocenters. The molecule has 38 heavy (non-hydrogen) atoms. The molecule has 0 spiro atoms. The summed E-state index contributed by atoms with van der Waals surface area (Å²) in [6, 6.07) is 20.8. The van der Waals surface area contributed by atoms with Crippen molar-refractivity contribution in [3.05, 3.63) is 88.9 Å². The molecule has 1 saturated heterocycles. The van der Waals surface area contributed by atoms with Gasteiger partial charge < -0.3 is 20.5 Å².